The summed E-state index contributed by atoms with van der Waals surface area (Å²) in [5, 5.41) is 5.39. The van der Waals surface area contributed by atoms with Gasteiger partial charge in [0.25, 0.3) is 0 Å². The molecule has 0 unspecified atom stereocenters. The van der Waals surface area contributed by atoms with Gasteiger partial charge in [0.05, 0.1) is 14.2 Å². The van der Waals surface area contributed by atoms with E-state index in [-0.39, 0.29) is 0 Å². The van der Waals surface area contributed by atoms with Gasteiger partial charge >= 0.3 is 0 Å². The van der Waals surface area contributed by atoms with Crippen molar-refractivity contribution in [1.82, 2.24) is 19.7 Å². The smallest absolute Gasteiger partial charge is 0.237 e. The summed E-state index contributed by atoms with van der Waals surface area (Å²) < 4.78 is 12.4. The summed E-state index contributed by atoms with van der Waals surface area (Å²) >= 11 is 1.59. The molecular weight excluding hydrogens is 288 g/mol. The Kier molecular flexibility index (Phi) is 4.03. The predicted molar refractivity (Wildman–Crippen MR) is 81.0 cm³/mol. The second-order valence-electron chi connectivity index (χ2n) is 4.44. The fraction of sp³-hybridized carbons (Fsp3) is 0.286. The molecule has 0 saturated heterocycles. The zero-order valence-electron chi connectivity index (χ0n) is 11.9. The molecule has 3 aromatic rings. The maximum Gasteiger partial charge on any atom is 0.237 e. The van der Waals surface area contributed by atoms with Crippen LogP contribution >= 0.6 is 11.3 Å². The Morgan fingerprint density at radius 2 is 2.14 bits per heavy atom. The lowest BCUT2D eigenvalue weighted by atomic mass is 10.3. The number of nitrogens with zero attached hydrogens (tertiary/aromatic N) is 3. The van der Waals surface area contributed by atoms with Crippen LogP contribution in [0.3, 0.4) is 0 Å². The first-order chi connectivity index (χ1) is 10.3. The topological polar surface area (TPSA) is 60.7 Å². The Hall–Kier alpha value is -2.12. The van der Waals surface area contributed by atoms with Crippen LogP contribution in [0.15, 0.2) is 29.9 Å². The zero-order chi connectivity index (χ0) is 14.7. The first-order valence-corrected chi connectivity index (χ1v) is 7.38. The van der Waals surface area contributed by atoms with E-state index in [2.05, 4.69) is 15.3 Å². The largest absolute Gasteiger partial charge is 0.481 e. The molecule has 0 aliphatic heterocycles. The molecule has 0 aliphatic carbocycles. The van der Waals surface area contributed by atoms with Gasteiger partial charge in [-0.1, -0.05) is 6.07 Å². The van der Waals surface area contributed by atoms with Gasteiger partial charge in [-0.25, -0.2) is 4.98 Å². The van der Waals surface area contributed by atoms with Crippen molar-refractivity contribution in [2.24, 2.45) is 0 Å². The van der Waals surface area contributed by atoms with Crippen molar-refractivity contribution in [1.29, 1.82) is 0 Å². The molecule has 110 valence electrons. The number of aromatic nitrogens is 3. The third kappa shape index (κ3) is 2.84. The van der Waals surface area contributed by atoms with Crippen LogP contribution in [0.2, 0.25) is 0 Å². The standard InChI is InChI=1S/C14H16N4O2S/c1-19-12-4-3-10(8-16-12)7-15-9-11-13(20-2)17-14-18(11)5-6-21-14/h3-6,8,15H,7,9H2,1-2H3. The molecule has 21 heavy (non-hydrogen) atoms. The molecule has 0 atom stereocenters. The number of imidazole rings is 1. The van der Waals surface area contributed by atoms with E-state index in [1.54, 1.807) is 31.8 Å². The highest BCUT2D eigenvalue weighted by Crippen LogP contribution is 2.22. The molecule has 0 aliphatic rings. The number of fused-ring (bicyclic) bond motifs is 1. The Balaban J connectivity index is 1.66. The molecule has 6 nitrogen and oxygen atoms in total. The lowest BCUT2D eigenvalue weighted by Crippen LogP contribution is -2.14. The zero-order valence-corrected chi connectivity index (χ0v) is 12.7. The first kappa shape index (κ1) is 13.8. The first-order valence-electron chi connectivity index (χ1n) is 6.50. The minimum atomic E-state index is 0.621. The van der Waals surface area contributed by atoms with Crippen molar-refractivity contribution >= 4 is 16.3 Å². The normalized spacial score (nSPS) is 11.0. The molecule has 0 radical (unpaired) electrons. The quantitative estimate of drug-likeness (QED) is 0.755. The number of hydrogen-bond acceptors (Lipinski definition) is 6. The van der Waals surface area contributed by atoms with Gasteiger partial charge in [-0.3, -0.25) is 4.40 Å². The fourth-order valence-electron chi connectivity index (χ4n) is 2.10. The van der Waals surface area contributed by atoms with Crippen LogP contribution in [0.1, 0.15) is 11.3 Å². The number of hydrogen-bond donors (Lipinski definition) is 1. The van der Waals surface area contributed by atoms with Crippen LogP contribution in [0, 0.1) is 0 Å². The minimum absolute atomic E-state index is 0.621. The molecule has 0 bridgehead atoms. The van der Waals surface area contributed by atoms with Gasteiger partial charge in [-0.2, -0.15) is 4.98 Å². The Labute approximate surface area is 126 Å². The van der Waals surface area contributed by atoms with Crippen LogP contribution in [0.4, 0.5) is 0 Å². The van der Waals surface area contributed by atoms with Gasteiger partial charge < -0.3 is 14.8 Å². The molecule has 0 aromatic carbocycles. The number of nitrogens with one attached hydrogen (secondary N) is 1. The van der Waals surface area contributed by atoms with Crippen molar-refractivity contribution < 1.29 is 9.47 Å². The molecule has 7 heteroatoms. The Morgan fingerprint density at radius 1 is 1.24 bits per heavy atom. The van der Waals surface area contributed by atoms with E-state index in [0.29, 0.717) is 18.3 Å². The van der Waals surface area contributed by atoms with Gasteiger partial charge in [-0.15, -0.1) is 11.3 Å². The third-order valence-electron chi connectivity index (χ3n) is 3.15. The highest BCUT2D eigenvalue weighted by molar-refractivity contribution is 7.15. The van der Waals surface area contributed by atoms with E-state index in [9.17, 15) is 0 Å². The summed E-state index contributed by atoms with van der Waals surface area (Å²) in [5.74, 6) is 1.29. The van der Waals surface area contributed by atoms with Gasteiger partial charge in [-0.05, 0) is 5.56 Å². The average Bonchev–Trinajstić information content (AvgIpc) is 3.09. The van der Waals surface area contributed by atoms with Gasteiger partial charge in [0.2, 0.25) is 11.8 Å². The average molecular weight is 304 g/mol. The Bertz CT molecular complexity index is 720. The predicted octanol–water partition coefficient (Wildman–Crippen LogP) is 2.10. The summed E-state index contributed by atoms with van der Waals surface area (Å²) in [5.41, 5.74) is 2.12. The lowest BCUT2D eigenvalue weighted by Gasteiger charge is -2.06. The SMILES string of the molecule is COc1ccc(CNCc2c(OC)nc3sccn23)cn1. The van der Waals surface area contributed by atoms with Crippen molar-refractivity contribution in [2.75, 3.05) is 14.2 Å². The van der Waals surface area contributed by atoms with E-state index in [0.717, 1.165) is 22.8 Å². The van der Waals surface area contributed by atoms with E-state index in [1.807, 2.05) is 28.1 Å². The minimum Gasteiger partial charge on any atom is -0.481 e. The number of thiazole rings is 1. The van der Waals surface area contributed by atoms with E-state index in [4.69, 9.17) is 9.47 Å². The van der Waals surface area contributed by atoms with Crippen LogP contribution in [-0.2, 0) is 13.1 Å². The van der Waals surface area contributed by atoms with Crippen LogP contribution < -0.4 is 14.8 Å². The fourth-order valence-corrected chi connectivity index (χ4v) is 2.82. The molecule has 0 spiro atoms. The Morgan fingerprint density at radius 3 is 2.86 bits per heavy atom. The monoisotopic (exact) mass is 304 g/mol. The van der Waals surface area contributed by atoms with Gasteiger partial charge in [0, 0.05) is 36.9 Å². The molecule has 3 aromatic heterocycles. The summed E-state index contributed by atoms with van der Waals surface area (Å²) in [7, 11) is 3.25. The second kappa shape index (κ2) is 6.11. The highest BCUT2D eigenvalue weighted by atomic mass is 32.1. The number of pyridine rings is 1. The highest BCUT2D eigenvalue weighted by Gasteiger charge is 2.12. The van der Waals surface area contributed by atoms with Crippen LogP contribution in [0.25, 0.3) is 4.96 Å². The van der Waals surface area contributed by atoms with Crippen molar-refractivity contribution in [3.63, 3.8) is 0 Å². The summed E-state index contributed by atoms with van der Waals surface area (Å²) in [6.45, 7) is 1.39. The maximum absolute atomic E-state index is 5.33. The van der Waals surface area contributed by atoms with Crippen LogP contribution in [0.5, 0.6) is 11.8 Å². The van der Waals surface area contributed by atoms with Crippen molar-refractivity contribution in [2.45, 2.75) is 13.1 Å². The molecule has 0 saturated carbocycles. The summed E-state index contributed by atoms with van der Waals surface area (Å²) in [4.78, 5) is 9.55. The molecule has 3 heterocycles. The molecule has 0 fully saturated rings. The van der Waals surface area contributed by atoms with Gasteiger partial charge in [0.1, 0.15) is 5.69 Å². The molecule has 1 N–H and O–H groups in total. The van der Waals surface area contributed by atoms with Gasteiger partial charge in [0.15, 0.2) is 4.96 Å². The van der Waals surface area contributed by atoms with E-state index in [1.165, 1.54) is 0 Å². The molecular formula is C14H16N4O2S. The molecule has 3 rings (SSSR count). The van der Waals surface area contributed by atoms with Crippen molar-refractivity contribution in [3.8, 4) is 11.8 Å². The number of methoxy groups -OCH3 is 2. The van der Waals surface area contributed by atoms with Crippen molar-refractivity contribution in [3.05, 3.63) is 41.2 Å². The second-order valence-corrected chi connectivity index (χ2v) is 5.31. The number of ether oxygens (including phenoxy) is 2. The van der Waals surface area contributed by atoms with E-state index >= 15 is 0 Å². The molecule has 0 amide bonds. The lowest BCUT2D eigenvalue weighted by molar-refractivity contribution is 0.392. The third-order valence-corrected chi connectivity index (χ3v) is 3.90. The maximum atomic E-state index is 5.33. The number of rotatable bonds is 6. The summed E-state index contributed by atoms with van der Waals surface area (Å²) in [6, 6.07) is 3.85. The summed E-state index contributed by atoms with van der Waals surface area (Å²) in [6.07, 6.45) is 3.81. The van der Waals surface area contributed by atoms with Crippen LogP contribution in [-0.4, -0.2) is 28.6 Å². The van der Waals surface area contributed by atoms with E-state index < -0.39 is 0 Å².